The molecule has 1 aromatic rings. The monoisotopic (exact) mass is 317 g/mol. The van der Waals surface area contributed by atoms with Gasteiger partial charge in [-0.25, -0.2) is 9.97 Å². The van der Waals surface area contributed by atoms with E-state index in [1.165, 1.54) is 19.3 Å². The lowest BCUT2D eigenvalue weighted by Crippen LogP contribution is -2.54. The van der Waals surface area contributed by atoms with Crippen LogP contribution in [0.4, 0.5) is 11.6 Å². The van der Waals surface area contributed by atoms with Crippen LogP contribution in [-0.4, -0.2) is 71.4 Å². The van der Waals surface area contributed by atoms with Gasteiger partial charge in [-0.15, -0.1) is 0 Å². The van der Waals surface area contributed by atoms with Crippen LogP contribution in [0.15, 0.2) is 12.4 Å². The van der Waals surface area contributed by atoms with Crippen molar-refractivity contribution in [3.05, 3.63) is 12.4 Å². The largest absolute Gasteiger partial charge is 0.389 e. The first kappa shape index (κ1) is 15.1. The molecule has 0 amide bonds. The van der Waals surface area contributed by atoms with Gasteiger partial charge < -0.3 is 14.9 Å². The first-order chi connectivity index (χ1) is 11.2. The second kappa shape index (κ2) is 6.24. The minimum Gasteiger partial charge on any atom is -0.389 e. The van der Waals surface area contributed by atoms with Gasteiger partial charge >= 0.3 is 0 Å². The highest BCUT2D eigenvalue weighted by Crippen LogP contribution is 2.32. The summed E-state index contributed by atoms with van der Waals surface area (Å²) in [6.07, 6.45) is 7.35. The van der Waals surface area contributed by atoms with Gasteiger partial charge in [-0.1, -0.05) is 0 Å². The molecule has 0 spiro atoms. The number of piperazine rings is 1. The van der Waals surface area contributed by atoms with Gasteiger partial charge in [0.05, 0.1) is 5.60 Å². The van der Waals surface area contributed by atoms with Crippen molar-refractivity contribution in [2.45, 2.75) is 37.7 Å². The molecule has 3 heterocycles. The van der Waals surface area contributed by atoms with E-state index in [0.717, 1.165) is 70.3 Å². The van der Waals surface area contributed by atoms with Gasteiger partial charge in [0.25, 0.3) is 0 Å². The van der Waals surface area contributed by atoms with Crippen molar-refractivity contribution in [1.29, 1.82) is 0 Å². The maximum Gasteiger partial charge on any atom is 0.134 e. The minimum atomic E-state index is -0.403. The summed E-state index contributed by atoms with van der Waals surface area (Å²) in [4.78, 5) is 16.0. The lowest BCUT2D eigenvalue weighted by molar-refractivity contribution is -0.0594. The summed E-state index contributed by atoms with van der Waals surface area (Å²) in [5.41, 5.74) is -0.403. The molecule has 23 heavy (non-hydrogen) atoms. The molecule has 126 valence electrons. The van der Waals surface area contributed by atoms with Crippen molar-refractivity contribution < 1.29 is 5.11 Å². The second-order valence-electron chi connectivity index (χ2n) is 7.27. The van der Waals surface area contributed by atoms with E-state index in [4.69, 9.17) is 0 Å². The fourth-order valence-electron chi connectivity index (χ4n) is 3.92. The van der Waals surface area contributed by atoms with E-state index in [-0.39, 0.29) is 0 Å². The highest BCUT2D eigenvalue weighted by molar-refractivity contribution is 5.50. The molecule has 3 aliphatic rings. The number of hydrogen-bond acceptors (Lipinski definition) is 6. The smallest absolute Gasteiger partial charge is 0.134 e. The average molecular weight is 317 g/mol. The van der Waals surface area contributed by atoms with Gasteiger partial charge in [-0.2, -0.15) is 0 Å². The highest BCUT2D eigenvalue weighted by atomic mass is 16.3. The van der Waals surface area contributed by atoms with Crippen LogP contribution in [0.25, 0.3) is 0 Å². The Kier molecular flexibility index (Phi) is 4.11. The van der Waals surface area contributed by atoms with E-state index < -0.39 is 5.60 Å². The third-order valence-electron chi connectivity index (χ3n) is 5.57. The topological polar surface area (TPSA) is 55.7 Å². The van der Waals surface area contributed by atoms with Crippen LogP contribution in [0.2, 0.25) is 0 Å². The van der Waals surface area contributed by atoms with Crippen LogP contribution in [0.3, 0.4) is 0 Å². The quantitative estimate of drug-likeness (QED) is 0.898. The molecule has 0 aromatic carbocycles. The maximum atomic E-state index is 10.3. The fraction of sp³-hybridized carbons (Fsp3) is 0.765. The molecule has 0 atom stereocenters. The molecule has 0 bridgehead atoms. The third kappa shape index (κ3) is 3.28. The number of β-amino-alcohol motifs (C(OH)–C–C–N with tert-alkyl or cyclic N) is 1. The van der Waals surface area contributed by atoms with Crippen molar-refractivity contribution in [2.24, 2.45) is 0 Å². The van der Waals surface area contributed by atoms with Crippen LogP contribution in [-0.2, 0) is 0 Å². The summed E-state index contributed by atoms with van der Waals surface area (Å²) in [7, 11) is 0. The molecular formula is C17H27N5O. The molecule has 6 heteroatoms. The zero-order valence-corrected chi connectivity index (χ0v) is 13.8. The molecule has 1 saturated carbocycles. The molecule has 2 saturated heterocycles. The van der Waals surface area contributed by atoms with Crippen molar-refractivity contribution in [1.82, 2.24) is 14.9 Å². The number of rotatable bonds is 4. The summed E-state index contributed by atoms with van der Waals surface area (Å²) in [6.45, 7) is 7.03. The lowest BCUT2D eigenvalue weighted by Gasteiger charge is -2.43. The molecule has 3 fully saturated rings. The zero-order valence-electron chi connectivity index (χ0n) is 13.8. The van der Waals surface area contributed by atoms with Gasteiger partial charge in [-0.05, 0) is 32.1 Å². The maximum absolute atomic E-state index is 10.3. The average Bonchev–Trinajstić information content (AvgIpc) is 3.09. The number of aromatic nitrogens is 2. The Balaban J connectivity index is 1.35. The fourth-order valence-corrected chi connectivity index (χ4v) is 3.92. The highest BCUT2D eigenvalue weighted by Gasteiger charge is 2.36. The second-order valence-corrected chi connectivity index (χ2v) is 7.27. The van der Waals surface area contributed by atoms with Crippen LogP contribution < -0.4 is 9.80 Å². The van der Waals surface area contributed by atoms with Gasteiger partial charge in [0.2, 0.25) is 0 Å². The van der Waals surface area contributed by atoms with Gasteiger partial charge in [0.1, 0.15) is 18.0 Å². The molecule has 1 aliphatic carbocycles. The van der Waals surface area contributed by atoms with Crippen molar-refractivity contribution in [2.75, 3.05) is 55.6 Å². The molecule has 0 unspecified atom stereocenters. The summed E-state index contributed by atoms with van der Waals surface area (Å²) in [5.74, 6) is 2.11. The summed E-state index contributed by atoms with van der Waals surface area (Å²) in [5, 5.41) is 10.3. The molecule has 2 aliphatic heterocycles. The summed E-state index contributed by atoms with van der Waals surface area (Å²) >= 11 is 0. The molecule has 0 radical (unpaired) electrons. The Morgan fingerprint density at radius 3 is 2.04 bits per heavy atom. The number of aliphatic hydroxyl groups is 1. The van der Waals surface area contributed by atoms with Gasteiger partial charge in [0, 0.05) is 51.9 Å². The SMILES string of the molecule is OC1(CN2CCN(c3cc(N4CCCC4)ncn3)CC2)CCC1. The third-order valence-corrected chi connectivity index (χ3v) is 5.57. The van der Waals surface area contributed by atoms with E-state index in [0.29, 0.717) is 0 Å². The lowest BCUT2D eigenvalue weighted by atomic mass is 9.80. The number of anilines is 2. The van der Waals surface area contributed by atoms with Gasteiger partial charge in [-0.3, -0.25) is 4.90 Å². The van der Waals surface area contributed by atoms with Crippen molar-refractivity contribution >= 4 is 11.6 Å². The van der Waals surface area contributed by atoms with E-state index >= 15 is 0 Å². The van der Waals surface area contributed by atoms with Crippen molar-refractivity contribution in [3.8, 4) is 0 Å². The molecule has 4 rings (SSSR count). The number of hydrogen-bond donors (Lipinski definition) is 1. The first-order valence-electron chi connectivity index (χ1n) is 8.99. The standard InChI is InChI=1S/C17H27N5O/c23-17(4-3-5-17)13-20-8-10-22(11-9-20)16-12-15(18-14-19-16)21-6-1-2-7-21/h12,14,23H,1-11,13H2. The van der Waals surface area contributed by atoms with Crippen molar-refractivity contribution in [3.63, 3.8) is 0 Å². The minimum absolute atomic E-state index is 0.403. The van der Waals surface area contributed by atoms with Gasteiger partial charge in [0.15, 0.2) is 0 Å². The Morgan fingerprint density at radius 2 is 1.48 bits per heavy atom. The van der Waals surface area contributed by atoms with E-state index in [2.05, 4.69) is 30.7 Å². The van der Waals surface area contributed by atoms with Crippen LogP contribution in [0.1, 0.15) is 32.1 Å². The Labute approximate surface area is 138 Å². The summed E-state index contributed by atoms with van der Waals surface area (Å²) in [6, 6.07) is 2.14. The predicted molar refractivity (Wildman–Crippen MR) is 90.9 cm³/mol. The van der Waals surface area contributed by atoms with Crippen LogP contribution in [0, 0.1) is 0 Å². The van der Waals surface area contributed by atoms with E-state index in [1.54, 1.807) is 6.33 Å². The zero-order chi connectivity index (χ0) is 15.7. The number of nitrogens with zero attached hydrogens (tertiary/aromatic N) is 5. The Bertz CT molecular complexity index is 534. The van der Waals surface area contributed by atoms with E-state index in [9.17, 15) is 5.11 Å². The molecule has 6 nitrogen and oxygen atoms in total. The molecular weight excluding hydrogens is 290 g/mol. The van der Waals surface area contributed by atoms with Crippen LogP contribution in [0.5, 0.6) is 0 Å². The predicted octanol–water partition coefficient (Wildman–Crippen LogP) is 1.11. The summed E-state index contributed by atoms with van der Waals surface area (Å²) < 4.78 is 0. The Morgan fingerprint density at radius 1 is 0.870 bits per heavy atom. The van der Waals surface area contributed by atoms with E-state index in [1.807, 2.05) is 0 Å². The molecule has 1 N–H and O–H groups in total. The van der Waals surface area contributed by atoms with Crippen LogP contribution >= 0.6 is 0 Å². The first-order valence-corrected chi connectivity index (χ1v) is 8.99. The normalized spacial score (nSPS) is 24.7. The Hall–Kier alpha value is -1.40. The molecule has 1 aromatic heterocycles.